The Hall–Kier alpha value is -2.96. The molecule has 0 aromatic carbocycles. The second-order valence-corrected chi connectivity index (χ2v) is 5.34. The van der Waals surface area contributed by atoms with Crippen LogP contribution in [0.25, 0.3) is 11.4 Å². The lowest BCUT2D eigenvalue weighted by molar-refractivity contribution is 0.310. The molecule has 2 N–H and O–H groups in total. The Morgan fingerprint density at radius 1 is 1.36 bits per heavy atom. The third-order valence-corrected chi connectivity index (χ3v) is 3.29. The van der Waals surface area contributed by atoms with Crippen LogP contribution in [-0.4, -0.2) is 26.9 Å². The van der Waals surface area contributed by atoms with Crippen molar-refractivity contribution in [3.63, 3.8) is 0 Å². The minimum absolute atomic E-state index is 0.402. The summed E-state index contributed by atoms with van der Waals surface area (Å²) >= 11 is 0. The Morgan fingerprint density at radius 2 is 2.16 bits per heavy atom. The van der Waals surface area contributed by atoms with Crippen molar-refractivity contribution >= 4 is 0 Å². The van der Waals surface area contributed by atoms with Gasteiger partial charge in [0, 0.05) is 6.20 Å². The van der Waals surface area contributed by atoms with Gasteiger partial charge >= 0.3 is 0 Å². The van der Waals surface area contributed by atoms with Gasteiger partial charge in [-0.05, 0) is 44.0 Å². The van der Waals surface area contributed by atoms with E-state index in [0.29, 0.717) is 30.8 Å². The minimum atomic E-state index is -1.28. The maximum Gasteiger partial charge on any atom is 0.195 e. The number of allylic oxidation sites excluding steroid dienone is 4. The highest BCUT2D eigenvalue weighted by atomic mass is 19.2. The van der Waals surface area contributed by atoms with Gasteiger partial charge in [0.1, 0.15) is 11.6 Å². The predicted octanol–water partition coefficient (Wildman–Crippen LogP) is 4.80. The summed E-state index contributed by atoms with van der Waals surface area (Å²) in [5.74, 6) is -2.49. The van der Waals surface area contributed by atoms with E-state index in [-0.39, 0.29) is 0 Å². The van der Waals surface area contributed by atoms with E-state index in [1.54, 1.807) is 18.5 Å². The molecule has 2 heterocycles. The van der Waals surface area contributed by atoms with Gasteiger partial charge in [0.25, 0.3) is 0 Å². The smallest absolute Gasteiger partial charge is 0.195 e. The van der Waals surface area contributed by atoms with Crippen molar-refractivity contribution in [1.82, 2.24) is 15.2 Å². The van der Waals surface area contributed by atoms with E-state index < -0.39 is 17.4 Å². The summed E-state index contributed by atoms with van der Waals surface area (Å²) in [5, 5.41) is 16.1. The normalized spacial score (nSPS) is 12.7. The molecule has 0 atom stereocenters. The average molecular weight is 347 g/mol. The van der Waals surface area contributed by atoms with Crippen molar-refractivity contribution in [2.24, 2.45) is 0 Å². The SMILES string of the molecule is C=C(/C=C(O)\C(F)=C(/C)F)CCCOc1ccc(-c2ccn[nH]2)nc1. The van der Waals surface area contributed by atoms with Crippen LogP contribution >= 0.6 is 0 Å². The molecule has 2 aromatic rings. The summed E-state index contributed by atoms with van der Waals surface area (Å²) in [6, 6.07) is 5.44. The maximum atomic E-state index is 13.1. The summed E-state index contributed by atoms with van der Waals surface area (Å²) in [5.41, 5.74) is 2.06. The Balaban J connectivity index is 1.77. The first-order valence-electron chi connectivity index (χ1n) is 7.66. The average Bonchev–Trinajstić information content (AvgIpc) is 3.13. The van der Waals surface area contributed by atoms with Crippen molar-refractivity contribution in [1.29, 1.82) is 0 Å². The van der Waals surface area contributed by atoms with Crippen molar-refractivity contribution < 1.29 is 18.6 Å². The summed E-state index contributed by atoms with van der Waals surface area (Å²) in [4.78, 5) is 4.27. The third-order valence-electron chi connectivity index (χ3n) is 3.29. The first-order chi connectivity index (χ1) is 12.0. The molecule has 0 aliphatic carbocycles. The molecule has 0 unspecified atom stereocenters. The van der Waals surface area contributed by atoms with Gasteiger partial charge in [0.05, 0.1) is 24.2 Å². The molecule has 25 heavy (non-hydrogen) atoms. The molecular formula is C18H19F2N3O2. The molecule has 0 aliphatic rings. The number of nitrogens with one attached hydrogen (secondary N) is 1. The van der Waals surface area contributed by atoms with Gasteiger partial charge in [-0.25, -0.2) is 8.78 Å². The van der Waals surface area contributed by atoms with Crippen molar-refractivity contribution in [2.75, 3.05) is 6.61 Å². The number of aromatic nitrogens is 3. The zero-order valence-corrected chi connectivity index (χ0v) is 13.8. The van der Waals surface area contributed by atoms with E-state index in [9.17, 15) is 13.9 Å². The van der Waals surface area contributed by atoms with Crippen LogP contribution in [0.15, 0.2) is 66.2 Å². The lowest BCUT2D eigenvalue weighted by Crippen LogP contribution is -1.98. The molecule has 0 amide bonds. The van der Waals surface area contributed by atoms with Gasteiger partial charge in [0.2, 0.25) is 0 Å². The van der Waals surface area contributed by atoms with E-state index in [1.807, 2.05) is 12.1 Å². The Morgan fingerprint density at radius 3 is 2.76 bits per heavy atom. The fourth-order valence-corrected chi connectivity index (χ4v) is 2.02. The number of halogens is 2. The first-order valence-corrected chi connectivity index (χ1v) is 7.66. The van der Waals surface area contributed by atoms with Crippen molar-refractivity contribution in [3.05, 3.63) is 66.2 Å². The molecule has 5 nitrogen and oxygen atoms in total. The largest absolute Gasteiger partial charge is 0.505 e. The molecule has 0 saturated heterocycles. The van der Waals surface area contributed by atoms with Gasteiger partial charge in [0.15, 0.2) is 11.6 Å². The van der Waals surface area contributed by atoms with Crippen LogP contribution in [0.2, 0.25) is 0 Å². The second kappa shape index (κ2) is 8.77. The Kier molecular flexibility index (Phi) is 6.45. The van der Waals surface area contributed by atoms with Crippen LogP contribution in [0.3, 0.4) is 0 Å². The summed E-state index contributed by atoms with van der Waals surface area (Å²) in [6.07, 6.45) is 5.45. The van der Waals surface area contributed by atoms with Crippen molar-refractivity contribution in [2.45, 2.75) is 19.8 Å². The quantitative estimate of drug-likeness (QED) is 0.409. The number of nitrogens with zero attached hydrogens (tertiary/aromatic N) is 2. The molecule has 132 valence electrons. The lowest BCUT2D eigenvalue weighted by Gasteiger charge is -2.07. The van der Waals surface area contributed by atoms with Gasteiger partial charge in [-0.1, -0.05) is 12.2 Å². The first kappa shape index (κ1) is 18.4. The molecule has 0 spiro atoms. The molecule has 0 bridgehead atoms. The Labute approximate surface area is 144 Å². The van der Waals surface area contributed by atoms with Gasteiger partial charge in [-0.15, -0.1) is 0 Å². The number of aliphatic hydroxyl groups excluding tert-OH is 1. The van der Waals surface area contributed by atoms with Crippen LogP contribution in [0.4, 0.5) is 8.78 Å². The number of ether oxygens (including phenoxy) is 1. The Bertz CT molecular complexity index is 762. The zero-order valence-electron chi connectivity index (χ0n) is 13.8. The number of aromatic amines is 1. The highest BCUT2D eigenvalue weighted by Crippen LogP contribution is 2.19. The third kappa shape index (κ3) is 5.56. The number of H-pyrrole nitrogens is 1. The number of hydrogen-bond acceptors (Lipinski definition) is 4. The number of aliphatic hydroxyl groups is 1. The fraction of sp³-hybridized carbons (Fsp3) is 0.222. The molecule has 7 heteroatoms. The molecule has 2 rings (SSSR count). The molecule has 2 aromatic heterocycles. The van der Waals surface area contributed by atoms with Crippen LogP contribution in [0.5, 0.6) is 5.75 Å². The summed E-state index contributed by atoms with van der Waals surface area (Å²) in [6.45, 7) is 5.03. The maximum absolute atomic E-state index is 13.1. The van der Waals surface area contributed by atoms with Crippen molar-refractivity contribution in [3.8, 4) is 17.1 Å². The molecule has 0 saturated carbocycles. The number of rotatable bonds is 8. The van der Waals surface area contributed by atoms with Crippen LogP contribution in [-0.2, 0) is 0 Å². The van der Waals surface area contributed by atoms with E-state index in [1.165, 1.54) is 0 Å². The van der Waals surface area contributed by atoms with Gasteiger partial charge in [-0.2, -0.15) is 5.10 Å². The van der Waals surface area contributed by atoms with E-state index in [4.69, 9.17) is 4.74 Å². The highest BCUT2D eigenvalue weighted by molar-refractivity contribution is 5.53. The van der Waals surface area contributed by atoms with Gasteiger partial charge < -0.3 is 9.84 Å². The number of hydrogen-bond donors (Lipinski definition) is 2. The molecule has 0 aliphatic heterocycles. The second-order valence-electron chi connectivity index (χ2n) is 5.34. The van der Waals surface area contributed by atoms with Crippen LogP contribution in [0, 0.1) is 0 Å². The zero-order chi connectivity index (χ0) is 18.2. The fourth-order valence-electron chi connectivity index (χ4n) is 2.02. The minimum Gasteiger partial charge on any atom is -0.505 e. The summed E-state index contributed by atoms with van der Waals surface area (Å²) < 4.78 is 31.3. The van der Waals surface area contributed by atoms with Gasteiger partial charge in [-0.3, -0.25) is 10.1 Å². The van der Waals surface area contributed by atoms with E-state index in [2.05, 4.69) is 21.8 Å². The van der Waals surface area contributed by atoms with Crippen LogP contribution in [0.1, 0.15) is 19.8 Å². The lowest BCUT2D eigenvalue weighted by atomic mass is 10.1. The summed E-state index contributed by atoms with van der Waals surface area (Å²) in [7, 11) is 0. The highest BCUT2D eigenvalue weighted by Gasteiger charge is 2.07. The number of pyridine rings is 1. The molecular weight excluding hydrogens is 328 g/mol. The predicted molar refractivity (Wildman–Crippen MR) is 91.3 cm³/mol. The van der Waals surface area contributed by atoms with Crippen LogP contribution < -0.4 is 4.74 Å². The molecule has 0 radical (unpaired) electrons. The van der Waals surface area contributed by atoms with E-state index >= 15 is 0 Å². The topological polar surface area (TPSA) is 71.0 Å². The monoisotopic (exact) mass is 347 g/mol. The van der Waals surface area contributed by atoms with E-state index in [0.717, 1.165) is 24.4 Å². The molecule has 0 fully saturated rings. The standard InChI is InChI=1S/C18H19F2N3O2/c1-12(10-17(24)18(20)13(2)19)4-3-9-25-14-5-6-15(21-11-14)16-7-8-22-23-16/h5-8,10-11,24H,1,3-4,9H2,2H3,(H,22,23)/b17-10+,18-13-.